The van der Waals surface area contributed by atoms with Crippen LogP contribution in [-0.4, -0.2) is 42.3 Å². The Hall–Kier alpha value is -4.41. The second-order valence-electron chi connectivity index (χ2n) is 8.39. The molecule has 0 bridgehead atoms. The molecule has 0 saturated carbocycles. The van der Waals surface area contributed by atoms with Crippen LogP contribution in [0.4, 0.5) is 9.18 Å². The van der Waals surface area contributed by atoms with Crippen molar-refractivity contribution in [3.05, 3.63) is 64.2 Å². The van der Waals surface area contributed by atoms with E-state index in [9.17, 15) is 23.6 Å². The van der Waals surface area contributed by atoms with E-state index >= 15 is 0 Å². The molecule has 0 spiro atoms. The first-order valence-corrected chi connectivity index (χ1v) is 10.4. The van der Waals surface area contributed by atoms with Crippen molar-refractivity contribution >= 4 is 34.7 Å². The molecule has 3 aliphatic heterocycles. The highest BCUT2D eigenvalue weighted by Gasteiger charge is 2.53. The molecule has 172 valence electrons. The van der Waals surface area contributed by atoms with Gasteiger partial charge in [0.1, 0.15) is 11.3 Å². The number of benzene rings is 2. The molecule has 2 aromatic carbocycles. The maximum atomic E-state index is 14.8. The smallest absolute Gasteiger partial charge is 0.322 e. The first-order chi connectivity index (χ1) is 16.3. The number of amides is 5. The number of ether oxygens (including phenoxy) is 1. The molecule has 1 aromatic heterocycles. The molecule has 0 radical (unpaired) electrons. The number of hydrogen-bond donors (Lipinski definition) is 3. The van der Waals surface area contributed by atoms with Crippen LogP contribution >= 0.6 is 0 Å². The molecule has 6 rings (SSSR count). The number of nitrogens with one attached hydrogen (secondary N) is 3. The molecule has 5 amide bonds. The molecular weight excluding hydrogens is 447 g/mol. The van der Waals surface area contributed by atoms with Crippen LogP contribution in [0.15, 0.2) is 34.7 Å². The van der Waals surface area contributed by atoms with Gasteiger partial charge in [-0.15, -0.1) is 0 Å². The summed E-state index contributed by atoms with van der Waals surface area (Å²) in [5.41, 5.74) is 0.212. The lowest BCUT2D eigenvalue weighted by atomic mass is 9.94. The summed E-state index contributed by atoms with van der Waals surface area (Å²) >= 11 is 0. The van der Waals surface area contributed by atoms with E-state index in [2.05, 4.69) is 16.0 Å². The standard InChI is InChI=1S/C23H17FN4O6/c1-33-15-4-2-10-8-28(20(30)17(10)18(15)24)9-23(21(31)26-22(32)27-23)16-6-12-13-7-25-19(29)11(13)3-5-14(12)34-16/h2-6H,7-9H2,1H3,(H,25,29)(H2,26,27,31,32)/t23-/m0/s1. The molecule has 1 fully saturated rings. The van der Waals surface area contributed by atoms with Crippen molar-refractivity contribution in [3.8, 4) is 5.75 Å². The van der Waals surface area contributed by atoms with Gasteiger partial charge in [0, 0.05) is 24.0 Å². The Morgan fingerprint density at radius 3 is 2.74 bits per heavy atom. The van der Waals surface area contributed by atoms with Gasteiger partial charge in [-0.3, -0.25) is 19.7 Å². The Labute approximate surface area is 191 Å². The van der Waals surface area contributed by atoms with E-state index in [4.69, 9.17) is 9.15 Å². The third-order valence-electron chi connectivity index (χ3n) is 6.55. The van der Waals surface area contributed by atoms with Crippen LogP contribution in [0.1, 0.15) is 37.6 Å². The summed E-state index contributed by atoms with van der Waals surface area (Å²) < 4.78 is 25.7. The molecule has 4 heterocycles. The molecular formula is C23H17FN4O6. The van der Waals surface area contributed by atoms with Gasteiger partial charge < -0.3 is 24.7 Å². The van der Waals surface area contributed by atoms with E-state index in [1.54, 1.807) is 24.3 Å². The first-order valence-electron chi connectivity index (χ1n) is 10.4. The van der Waals surface area contributed by atoms with Crippen molar-refractivity contribution in [1.29, 1.82) is 0 Å². The molecule has 34 heavy (non-hydrogen) atoms. The molecule has 3 N–H and O–H groups in total. The van der Waals surface area contributed by atoms with Gasteiger partial charge in [-0.25, -0.2) is 9.18 Å². The Kier molecular flexibility index (Phi) is 4.04. The topological polar surface area (TPSA) is 130 Å². The number of halogens is 1. The van der Waals surface area contributed by atoms with Gasteiger partial charge >= 0.3 is 6.03 Å². The van der Waals surface area contributed by atoms with Gasteiger partial charge in [0.05, 0.1) is 19.2 Å². The van der Waals surface area contributed by atoms with E-state index < -0.39 is 29.2 Å². The predicted octanol–water partition coefficient (Wildman–Crippen LogP) is 1.51. The second-order valence-corrected chi connectivity index (χ2v) is 8.39. The minimum Gasteiger partial charge on any atom is -0.494 e. The number of hydrogen-bond acceptors (Lipinski definition) is 6. The largest absolute Gasteiger partial charge is 0.494 e. The highest BCUT2D eigenvalue weighted by Crippen LogP contribution is 2.37. The summed E-state index contributed by atoms with van der Waals surface area (Å²) in [5.74, 6) is -2.29. The number of carbonyl (C=O) groups excluding carboxylic acids is 4. The Morgan fingerprint density at radius 1 is 1.18 bits per heavy atom. The third-order valence-corrected chi connectivity index (χ3v) is 6.55. The Balaban J connectivity index is 1.43. The zero-order valence-electron chi connectivity index (χ0n) is 17.8. The third kappa shape index (κ3) is 2.60. The van der Waals surface area contributed by atoms with E-state index in [-0.39, 0.29) is 36.1 Å². The van der Waals surface area contributed by atoms with Crippen molar-refractivity contribution in [1.82, 2.24) is 20.9 Å². The van der Waals surface area contributed by atoms with Crippen LogP contribution in [-0.2, 0) is 23.4 Å². The Morgan fingerprint density at radius 2 is 2.00 bits per heavy atom. The second kappa shape index (κ2) is 6.80. The molecule has 0 aliphatic carbocycles. The summed E-state index contributed by atoms with van der Waals surface area (Å²) in [7, 11) is 1.30. The molecule has 11 heteroatoms. The van der Waals surface area contributed by atoms with Gasteiger partial charge in [-0.1, -0.05) is 6.07 Å². The minimum atomic E-state index is -1.74. The molecule has 1 atom stereocenters. The van der Waals surface area contributed by atoms with Gasteiger partial charge in [-0.05, 0) is 35.4 Å². The lowest BCUT2D eigenvalue weighted by Gasteiger charge is -2.29. The number of imide groups is 1. The van der Waals surface area contributed by atoms with Crippen molar-refractivity contribution in [2.75, 3.05) is 13.7 Å². The van der Waals surface area contributed by atoms with Crippen LogP contribution in [0.25, 0.3) is 11.0 Å². The number of carbonyl (C=O) groups is 4. The van der Waals surface area contributed by atoms with E-state index in [0.29, 0.717) is 28.6 Å². The fraction of sp³-hybridized carbons (Fsp3) is 0.217. The first kappa shape index (κ1) is 20.2. The predicted molar refractivity (Wildman–Crippen MR) is 113 cm³/mol. The Bertz CT molecular complexity index is 1460. The molecule has 1 saturated heterocycles. The van der Waals surface area contributed by atoms with E-state index in [1.807, 2.05) is 0 Å². The van der Waals surface area contributed by atoms with Crippen LogP contribution in [0, 0.1) is 5.82 Å². The monoisotopic (exact) mass is 464 g/mol. The highest BCUT2D eigenvalue weighted by molar-refractivity contribution is 6.09. The van der Waals surface area contributed by atoms with Crippen molar-refractivity contribution in [3.63, 3.8) is 0 Å². The molecule has 3 aliphatic rings. The minimum absolute atomic E-state index is 0.0357. The lowest BCUT2D eigenvalue weighted by Crippen LogP contribution is -2.52. The number of urea groups is 1. The van der Waals surface area contributed by atoms with Crippen LogP contribution in [0.2, 0.25) is 0 Å². The van der Waals surface area contributed by atoms with Gasteiger partial charge in [-0.2, -0.15) is 0 Å². The normalized spacial score (nSPS) is 20.9. The maximum absolute atomic E-state index is 14.8. The van der Waals surface area contributed by atoms with E-state index in [0.717, 1.165) is 5.56 Å². The summed E-state index contributed by atoms with van der Waals surface area (Å²) in [5, 5.41) is 8.15. The maximum Gasteiger partial charge on any atom is 0.322 e. The van der Waals surface area contributed by atoms with Crippen molar-refractivity contribution in [2.45, 2.75) is 18.6 Å². The number of nitrogens with zero attached hydrogens (tertiary/aromatic N) is 1. The van der Waals surface area contributed by atoms with Gasteiger partial charge in [0.2, 0.25) is 0 Å². The number of methoxy groups -OCH3 is 1. The summed E-state index contributed by atoms with van der Waals surface area (Å²) in [6, 6.07) is 7.11. The lowest BCUT2D eigenvalue weighted by molar-refractivity contribution is -0.125. The summed E-state index contributed by atoms with van der Waals surface area (Å²) in [6.45, 7) is 0.0458. The van der Waals surface area contributed by atoms with Crippen LogP contribution in [0.5, 0.6) is 5.75 Å². The number of fused-ring (bicyclic) bond motifs is 4. The van der Waals surface area contributed by atoms with Crippen LogP contribution < -0.4 is 20.7 Å². The fourth-order valence-corrected chi connectivity index (χ4v) is 4.87. The van der Waals surface area contributed by atoms with Crippen molar-refractivity contribution < 1.29 is 32.7 Å². The SMILES string of the molecule is COc1ccc2c(c1F)C(=O)N(C[C@@]1(c3cc4c5c(ccc4o3)C(=O)NC5)NC(=O)NC1=O)C2. The molecule has 10 nitrogen and oxygen atoms in total. The fourth-order valence-electron chi connectivity index (χ4n) is 4.87. The zero-order valence-corrected chi connectivity index (χ0v) is 17.8. The van der Waals surface area contributed by atoms with Gasteiger partial charge in [0.15, 0.2) is 17.1 Å². The van der Waals surface area contributed by atoms with E-state index in [1.165, 1.54) is 18.1 Å². The highest BCUT2D eigenvalue weighted by atomic mass is 19.1. The zero-order chi connectivity index (χ0) is 23.8. The van der Waals surface area contributed by atoms with Crippen molar-refractivity contribution in [2.24, 2.45) is 0 Å². The van der Waals surface area contributed by atoms with Crippen LogP contribution in [0.3, 0.4) is 0 Å². The number of rotatable bonds is 4. The molecule has 0 unspecified atom stereocenters. The average molecular weight is 464 g/mol. The quantitative estimate of drug-likeness (QED) is 0.502. The number of furan rings is 1. The van der Waals surface area contributed by atoms with Gasteiger partial charge in [0.25, 0.3) is 17.7 Å². The summed E-state index contributed by atoms with van der Waals surface area (Å²) in [6.07, 6.45) is 0. The molecule has 3 aromatic rings. The average Bonchev–Trinajstić information content (AvgIpc) is 3.54. The summed E-state index contributed by atoms with van der Waals surface area (Å²) in [4.78, 5) is 51.6.